The first-order chi connectivity index (χ1) is 11.3. The molecule has 0 saturated heterocycles. The molecular formula is C15H13F2N3O3S. The number of hydrogen-bond donors (Lipinski definition) is 3. The third kappa shape index (κ3) is 3.08. The molecule has 1 unspecified atom stereocenters. The molecule has 9 heteroatoms. The number of carbonyl (C=O) groups is 1. The van der Waals surface area contributed by atoms with Crippen molar-refractivity contribution in [2.45, 2.75) is 18.0 Å². The fourth-order valence-electron chi connectivity index (χ4n) is 2.34. The van der Waals surface area contributed by atoms with Gasteiger partial charge in [0.15, 0.2) is 11.6 Å². The smallest absolute Gasteiger partial charge is 0.255 e. The van der Waals surface area contributed by atoms with Crippen molar-refractivity contribution in [1.29, 1.82) is 0 Å². The molecule has 1 aliphatic rings. The molecule has 0 saturated carbocycles. The van der Waals surface area contributed by atoms with E-state index in [9.17, 15) is 22.0 Å². The number of halogens is 2. The molecular weight excluding hydrogens is 340 g/mol. The maximum absolute atomic E-state index is 13.2. The number of nitrogens with one attached hydrogen (secondary N) is 3. The molecule has 1 amide bonds. The van der Waals surface area contributed by atoms with Gasteiger partial charge in [-0.1, -0.05) is 0 Å². The summed E-state index contributed by atoms with van der Waals surface area (Å²) in [5.41, 5.74) is 0.509. The van der Waals surface area contributed by atoms with Gasteiger partial charge in [-0.05, 0) is 37.3 Å². The number of anilines is 2. The lowest BCUT2D eigenvalue weighted by Crippen LogP contribution is -2.42. The van der Waals surface area contributed by atoms with Crippen LogP contribution in [0.4, 0.5) is 20.2 Å². The lowest BCUT2D eigenvalue weighted by molar-refractivity contribution is 0.102. The van der Waals surface area contributed by atoms with Gasteiger partial charge in [-0.2, -0.15) is 4.72 Å². The van der Waals surface area contributed by atoms with E-state index in [1.54, 1.807) is 6.92 Å². The lowest BCUT2D eigenvalue weighted by atomic mass is 10.1. The highest BCUT2D eigenvalue weighted by atomic mass is 32.2. The molecule has 0 fully saturated rings. The van der Waals surface area contributed by atoms with Crippen LogP contribution in [0.5, 0.6) is 0 Å². The molecule has 0 radical (unpaired) electrons. The van der Waals surface area contributed by atoms with Crippen molar-refractivity contribution in [2.75, 3.05) is 10.6 Å². The Balaban J connectivity index is 1.90. The van der Waals surface area contributed by atoms with Crippen molar-refractivity contribution >= 4 is 27.3 Å². The van der Waals surface area contributed by atoms with Gasteiger partial charge >= 0.3 is 0 Å². The largest absolute Gasteiger partial charge is 0.368 e. The molecule has 0 aromatic heterocycles. The van der Waals surface area contributed by atoms with Crippen LogP contribution in [0.3, 0.4) is 0 Å². The standard InChI is InChI=1S/C15H13F2N3O3S/c1-8-18-13-5-2-9(6-14(13)24(22,23)20-8)15(21)19-10-3-4-11(16)12(17)7-10/h2-8,18,20H,1H3,(H,19,21). The molecule has 0 bridgehead atoms. The molecule has 126 valence electrons. The number of hydrogen-bond acceptors (Lipinski definition) is 4. The number of fused-ring (bicyclic) bond motifs is 1. The normalized spacial score (nSPS) is 18.4. The molecule has 0 aliphatic carbocycles. The van der Waals surface area contributed by atoms with Crippen molar-refractivity contribution < 1.29 is 22.0 Å². The molecule has 2 aromatic rings. The van der Waals surface area contributed by atoms with Crippen LogP contribution in [0.25, 0.3) is 0 Å². The van der Waals surface area contributed by atoms with E-state index in [0.717, 1.165) is 12.1 Å². The van der Waals surface area contributed by atoms with Gasteiger partial charge in [-0.15, -0.1) is 0 Å². The van der Waals surface area contributed by atoms with E-state index in [-0.39, 0.29) is 16.1 Å². The minimum atomic E-state index is -3.73. The van der Waals surface area contributed by atoms with E-state index in [4.69, 9.17) is 0 Å². The summed E-state index contributed by atoms with van der Waals surface area (Å²) in [4.78, 5) is 12.2. The molecule has 3 rings (SSSR count). The molecule has 1 aliphatic heterocycles. The van der Waals surface area contributed by atoms with E-state index >= 15 is 0 Å². The third-order valence-corrected chi connectivity index (χ3v) is 5.00. The predicted molar refractivity (Wildman–Crippen MR) is 84.2 cm³/mol. The zero-order chi connectivity index (χ0) is 17.5. The Bertz CT molecular complexity index is 932. The maximum atomic E-state index is 13.2. The topological polar surface area (TPSA) is 87.3 Å². The number of rotatable bonds is 2. The van der Waals surface area contributed by atoms with Gasteiger partial charge in [-0.25, -0.2) is 17.2 Å². The van der Waals surface area contributed by atoms with Crippen molar-refractivity contribution in [1.82, 2.24) is 4.72 Å². The monoisotopic (exact) mass is 353 g/mol. The van der Waals surface area contributed by atoms with Gasteiger partial charge in [0.2, 0.25) is 10.0 Å². The van der Waals surface area contributed by atoms with Gasteiger partial charge in [0.05, 0.1) is 11.9 Å². The zero-order valence-electron chi connectivity index (χ0n) is 12.4. The minimum absolute atomic E-state index is 0.0569. The first kappa shape index (κ1) is 16.3. The van der Waals surface area contributed by atoms with Crippen molar-refractivity contribution in [3.05, 3.63) is 53.6 Å². The van der Waals surface area contributed by atoms with E-state index in [0.29, 0.717) is 5.69 Å². The van der Waals surface area contributed by atoms with Crippen LogP contribution < -0.4 is 15.4 Å². The van der Waals surface area contributed by atoms with Crippen molar-refractivity contribution in [3.8, 4) is 0 Å². The minimum Gasteiger partial charge on any atom is -0.368 e. The van der Waals surface area contributed by atoms with Crippen LogP contribution in [-0.2, 0) is 10.0 Å². The zero-order valence-corrected chi connectivity index (χ0v) is 13.2. The Labute approximate surface area is 136 Å². The highest BCUT2D eigenvalue weighted by Gasteiger charge is 2.27. The van der Waals surface area contributed by atoms with E-state index in [2.05, 4.69) is 15.4 Å². The Morgan fingerprint density at radius 1 is 1.12 bits per heavy atom. The summed E-state index contributed by atoms with van der Waals surface area (Å²) >= 11 is 0. The van der Waals surface area contributed by atoms with Crippen LogP contribution in [0, 0.1) is 11.6 Å². The van der Waals surface area contributed by atoms with Gasteiger partial charge in [0.1, 0.15) is 4.90 Å². The molecule has 24 heavy (non-hydrogen) atoms. The average Bonchev–Trinajstić information content (AvgIpc) is 2.49. The SMILES string of the molecule is CC1Nc2ccc(C(=O)Nc3ccc(F)c(F)c3)cc2S(=O)(=O)N1. The Morgan fingerprint density at radius 3 is 2.58 bits per heavy atom. The van der Waals surface area contributed by atoms with Crippen LogP contribution in [0.1, 0.15) is 17.3 Å². The second kappa shape index (κ2) is 5.84. The molecule has 2 aromatic carbocycles. The second-order valence-electron chi connectivity index (χ2n) is 5.28. The highest BCUT2D eigenvalue weighted by molar-refractivity contribution is 7.89. The summed E-state index contributed by atoms with van der Waals surface area (Å²) < 4.78 is 52.7. The summed E-state index contributed by atoms with van der Waals surface area (Å²) in [5.74, 6) is -2.76. The number of amides is 1. The van der Waals surface area contributed by atoms with E-state index in [1.807, 2.05) is 0 Å². The number of benzene rings is 2. The molecule has 0 spiro atoms. The maximum Gasteiger partial charge on any atom is 0.255 e. The van der Waals surface area contributed by atoms with Crippen LogP contribution in [0.2, 0.25) is 0 Å². The summed E-state index contributed by atoms with van der Waals surface area (Å²) in [7, 11) is -3.73. The average molecular weight is 353 g/mol. The van der Waals surface area contributed by atoms with Gasteiger partial charge in [0.25, 0.3) is 5.91 Å². The molecule has 1 heterocycles. The third-order valence-electron chi connectivity index (χ3n) is 3.41. The van der Waals surface area contributed by atoms with Crippen LogP contribution in [0.15, 0.2) is 41.3 Å². The Morgan fingerprint density at radius 2 is 1.88 bits per heavy atom. The predicted octanol–water partition coefficient (Wildman–Crippen LogP) is 2.27. The lowest BCUT2D eigenvalue weighted by Gasteiger charge is -2.25. The summed E-state index contributed by atoms with van der Waals surface area (Å²) in [6.07, 6.45) is -0.468. The van der Waals surface area contributed by atoms with Gasteiger partial charge in [0, 0.05) is 17.3 Å². The number of sulfonamides is 1. The summed E-state index contributed by atoms with van der Waals surface area (Å²) in [6.45, 7) is 1.64. The van der Waals surface area contributed by atoms with Gasteiger partial charge in [-0.3, -0.25) is 4.79 Å². The molecule has 6 nitrogen and oxygen atoms in total. The highest BCUT2D eigenvalue weighted by Crippen LogP contribution is 2.27. The van der Waals surface area contributed by atoms with E-state index in [1.165, 1.54) is 24.3 Å². The fourth-order valence-corrected chi connectivity index (χ4v) is 3.69. The number of carbonyl (C=O) groups excluding carboxylic acids is 1. The summed E-state index contributed by atoms with van der Waals surface area (Å²) in [5, 5.41) is 5.32. The van der Waals surface area contributed by atoms with Crippen LogP contribution >= 0.6 is 0 Å². The Kier molecular flexibility index (Phi) is 3.98. The molecule has 1 atom stereocenters. The summed E-state index contributed by atoms with van der Waals surface area (Å²) in [6, 6.07) is 7.06. The quantitative estimate of drug-likeness (QED) is 0.773. The second-order valence-corrected chi connectivity index (χ2v) is 6.96. The van der Waals surface area contributed by atoms with Crippen molar-refractivity contribution in [2.24, 2.45) is 0 Å². The fraction of sp³-hybridized carbons (Fsp3) is 0.133. The molecule has 3 N–H and O–H groups in total. The van der Waals surface area contributed by atoms with Crippen molar-refractivity contribution in [3.63, 3.8) is 0 Å². The van der Waals surface area contributed by atoms with E-state index < -0.39 is 33.7 Å². The van der Waals surface area contributed by atoms with Crippen LogP contribution in [-0.4, -0.2) is 20.5 Å². The Hall–Kier alpha value is -2.52. The first-order valence-electron chi connectivity index (χ1n) is 6.95. The first-order valence-corrected chi connectivity index (χ1v) is 8.44. The van der Waals surface area contributed by atoms with Gasteiger partial charge < -0.3 is 10.6 Å².